The number of rotatable bonds is 5. The average molecular weight is 275 g/mol. The number of aromatic amines is 1. The van der Waals surface area contributed by atoms with E-state index in [1.165, 1.54) is 12.3 Å². The summed E-state index contributed by atoms with van der Waals surface area (Å²) in [4.78, 5) is 24.4. The van der Waals surface area contributed by atoms with Crippen molar-refractivity contribution in [2.45, 2.75) is 6.92 Å². The molecule has 104 valence electrons. The lowest BCUT2D eigenvalue weighted by atomic mass is 10.3. The highest BCUT2D eigenvalue weighted by Crippen LogP contribution is 2.17. The van der Waals surface area contributed by atoms with Crippen molar-refractivity contribution in [3.05, 3.63) is 52.3 Å². The number of nitrogens with one attached hydrogen (secondary N) is 2. The first kappa shape index (κ1) is 13.6. The van der Waals surface area contributed by atoms with E-state index < -0.39 is 10.8 Å². The summed E-state index contributed by atoms with van der Waals surface area (Å²) < 4.78 is 5.29. The summed E-state index contributed by atoms with van der Waals surface area (Å²) in [5.41, 5.74) is 0.558. The molecule has 2 aromatic rings. The quantitative estimate of drug-likeness (QED) is 0.647. The molecular weight excluding hydrogens is 262 g/mol. The summed E-state index contributed by atoms with van der Waals surface area (Å²) in [7, 11) is 0. The molecule has 2 rings (SSSR count). The number of amides is 1. The monoisotopic (exact) mass is 275 g/mol. The Balaban J connectivity index is 2.04. The maximum atomic E-state index is 11.9. The largest absolute Gasteiger partial charge is 0.494 e. The van der Waals surface area contributed by atoms with Crippen LogP contribution in [-0.4, -0.2) is 22.4 Å². The highest BCUT2D eigenvalue weighted by atomic mass is 16.6. The standard InChI is InChI=1S/C13H13N3O4/c1-2-20-11-5-3-9(4-6-11)15-13(17)12-7-10(8-14-12)16(18)19/h3-8,14H,2H2,1H3,(H,15,17). The van der Waals surface area contributed by atoms with Crippen molar-refractivity contribution >= 4 is 17.3 Å². The van der Waals surface area contributed by atoms with Crippen LogP contribution in [0.3, 0.4) is 0 Å². The summed E-state index contributed by atoms with van der Waals surface area (Å²) in [6.07, 6.45) is 1.17. The van der Waals surface area contributed by atoms with Gasteiger partial charge in [0.2, 0.25) is 0 Å². The third kappa shape index (κ3) is 3.14. The second kappa shape index (κ2) is 5.87. The topological polar surface area (TPSA) is 97.3 Å². The highest BCUT2D eigenvalue weighted by molar-refractivity contribution is 6.03. The van der Waals surface area contributed by atoms with E-state index in [2.05, 4.69) is 10.3 Å². The minimum Gasteiger partial charge on any atom is -0.494 e. The van der Waals surface area contributed by atoms with Crippen molar-refractivity contribution in [3.63, 3.8) is 0 Å². The lowest BCUT2D eigenvalue weighted by molar-refractivity contribution is -0.384. The molecule has 0 unspecified atom stereocenters. The number of benzene rings is 1. The number of nitro groups is 1. The summed E-state index contributed by atoms with van der Waals surface area (Å²) in [6.45, 7) is 2.45. The molecule has 0 aliphatic carbocycles. The Kier molecular flexibility index (Phi) is 3.99. The zero-order valence-corrected chi connectivity index (χ0v) is 10.8. The fraction of sp³-hybridized carbons (Fsp3) is 0.154. The van der Waals surface area contributed by atoms with E-state index in [1.54, 1.807) is 24.3 Å². The van der Waals surface area contributed by atoms with E-state index in [4.69, 9.17) is 4.74 Å². The van der Waals surface area contributed by atoms with Gasteiger partial charge in [0.25, 0.3) is 11.6 Å². The number of carbonyl (C=O) groups excluding carboxylic acids is 1. The molecule has 1 aromatic heterocycles. The molecule has 0 spiro atoms. The van der Waals surface area contributed by atoms with Crippen LogP contribution in [0.25, 0.3) is 0 Å². The van der Waals surface area contributed by atoms with Gasteiger partial charge in [-0.15, -0.1) is 0 Å². The molecule has 7 heteroatoms. The van der Waals surface area contributed by atoms with E-state index in [0.29, 0.717) is 18.0 Å². The summed E-state index contributed by atoms with van der Waals surface area (Å²) >= 11 is 0. The fourth-order valence-electron chi connectivity index (χ4n) is 1.62. The smallest absolute Gasteiger partial charge is 0.287 e. The van der Waals surface area contributed by atoms with Gasteiger partial charge in [0.15, 0.2) is 0 Å². The lowest BCUT2D eigenvalue weighted by Gasteiger charge is -2.06. The van der Waals surface area contributed by atoms with E-state index in [9.17, 15) is 14.9 Å². The predicted octanol–water partition coefficient (Wildman–Crippen LogP) is 2.57. The predicted molar refractivity (Wildman–Crippen MR) is 73.0 cm³/mol. The fourth-order valence-corrected chi connectivity index (χ4v) is 1.62. The van der Waals surface area contributed by atoms with Gasteiger partial charge in [0.1, 0.15) is 11.4 Å². The van der Waals surface area contributed by atoms with Gasteiger partial charge < -0.3 is 15.0 Å². The molecular formula is C13H13N3O4. The average Bonchev–Trinajstić information content (AvgIpc) is 2.91. The molecule has 1 amide bonds. The van der Waals surface area contributed by atoms with Gasteiger partial charge in [0, 0.05) is 11.8 Å². The van der Waals surface area contributed by atoms with Crippen LogP contribution in [-0.2, 0) is 0 Å². The summed E-state index contributed by atoms with van der Waals surface area (Å²) in [5, 5.41) is 13.2. The Morgan fingerprint density at radius 2 is 2.10 bits per heavy atom. The van der Waals surface area contributed by atoms with Gasteiger partial charge in [-0.3, -0.25) is 14.9 Å². The van der Waals surface area contributed by atoms with E-state index in [-0.39, 0.29) is 11.4 Å². The normalized spacial score (nSPS) is 10.1. The van der Waals surface area contributed by atoms with Crippen LogP contribution in [0, 0.1) is 10.1 Å². The number of ether oxygens (including phenoxy) is 1. The van der Waals surface area contributed by atoms with Crippen LogP contribution >= 0.6 is 0 Å². The van der Waals surface area contributed by atoms with E-state index >= 15 is 0 Å². The second-order valence-electron chi connectivity index (χ2n) is 3.94. The van der Waals surface area contributed by atoms with Crippen LogP contribution in [0.5, 0.6) is 5.75 Å². The van der Waals surface area contributed by atoms with Crippen LogP contribution in [0.4, 0.5) is 11.4 Å². The molecule has 0 aliphatic heterocycles. The SMILES string of the molecule is CCOc1ccc(NC(=O)c2cc([N+](=O)[O-])c[nH]2)cc1. The van der Waals surface area contributed by atoms with Gasteiger partial charge in [0.05, 0.1) is 17.7 Å². The Labute approximate surface area is 114 Å². The van der Waals surface area contributed by atoms with E-state index in [1.807, 2.05) is 6.92 Å². The van der Waals surface area contributed by atoms with Crippen molar-refractivity contribution in [2.75, 3.05) is 11.9 Å². The molecule has 0 saturated carbocycles. The van der Waals surface area contributed by atoms with Crippen molar-refractivity contribution in [1.82, 2.24) is 4.98 Å². The molecule has 1 heterocycles. The molecule has 0 aliphatic rings. The third-order valence-corrected chi connectivity index (χ3v) is 2.55. The molecule has 7 nitrogen and oxygen atoms in total. The van der Waals surface area contributed by atoms with Gasteiger partial charge in [-0.1, -0.05) is 0 Å². The van der Waals surface area contributed by atoms with Crippen molar-refractivity contribution in [1.29, 1.82) is 0 Å². The first-order chi connectivity index (χ1) is 9.60. The molecule has 1 aromatic carbocycles. The van der Waals surface area contributed by atoms with Crippen molar-refractivity contribution in [2.24, 2.45) is 0 Å². The maximum Gasteiger partial charge on any atom is 0.287 e. The maximum absolute atomic E-state index is 11.9. The summed E-state index contributed by atoms with van der Waals surface area (Å²) in [6, 6.07) is 8.04. The third-order valence-electron chi connectivity index (χ3n) is 2.55. The Morgan fingerprint density at radius 1 is 1.40 bits per heavy atom. The molecule has 0 radical (unpaired) electrons. The Hall–Kier alpha value is -2.83. The number of hydrogen-bond acceptors (Lipinski definition) is 4. The lowest BCUT2D eigenvalue weighted by Crippen LogP contribution is -2.12. The first-order valence-electron chi connectivity index (χ1n) is 5.97. The highest BCUT2D eigenvalue weighted by Gasteiger charge is 2.14. The molecule has 2 N–H and O–H groups in total. The minimum atomic E-state index is -0.565. The second-order valence-corrected chi connectivity index (χ2v) is 3.94. The van der Waals surface area contributed by atoms with Crippen LogP contribution in [0.1, 0.15) is 17.4 Å². The first-order valence-corrected chi connectivity index (χ1v) is 5.97. The van der Waals surface area contributed by atoms with Gasteiger partial charge in [-0.25, -0.2) is 0 Å². The van der Waals surface area contributed by atoms with Crippen LogP contribution < -0.4 is 10.1 Å². The van der Waals surface area contributed by atoms with Gasteiger partial charge >= 0.3 is 0 Å². The molecule has 0 bridgehead atoms. The van der Waals surface area contributed by atoms with Crippen LogP contribution in [0.2, 0.25) is 0 Å². The van der Waals surface area contributed by atoms with Crippen LogP contribution in [0.15, 0.2) is 36.5 Å². The zero-order valence-electron chi connectivity index (χ0n) is 10.8. The number of aromatic nitrogens is 1. The van der Waals surface area contributed by atoms with E-state index in [0.717, 1.165) is 0 Å². The van der Waals surface area contributed by atoms with Crippen molar-refractivity contribution in [3.8, 4) is 5.75 Å². The van der Waals surface area contributed by atoms with Gasteiger partial charge in [-0.2, -0.15) is 0 Å². The number of hydrogen-bond donors (Lipinski definition) is 2. The number of anilines is 1. The van der Waals surface area contributed by atoms with Gasteiger partial charge in [-0.05, 0) is 31.2 Å². The number of carbonyl (C=O) groups is 1. The molecule has 0 fully saturated rings. The molecule has 0 atom stereocenters. The number of nitrogens with zero attached hydrogens (tertiary/aromatic N) is 1. The number of H-pyrrole nitrogens is 1. The zero-order chi connectivity index (χ0) is 14.5. The Bertz CT molecular complexity index is 619. The minimum absolute atomic E-state index is 0.130. The molecule has 20 heavy (non-hydrogen) atoms. The van der Waals surface area contributed by atoms with Crippen molar-refractivity contribution < 1.29 is 14.5 Å². The summed E-state index contributed by atoms with van der Waals surface area (Å²) in [5.74, 6) is 0.267. The Morgan fingerprint density at radius 3 is 2.65 bits per heavy atom. The molecule has 0 saturated heterocycles.